The van der Waals surface area contributed by atoms with E-state index in [1.165, 1.54) is 6.08 Å². The lowest BCUT2D eigenvalue weighted by Gasteiger charge is -2.33. The Bertz CT molecular complexity index is 621. The van der Waals surface area contributed by atoms with Crippen LogP contribution in [0, 0.1) is 0 Å². The fourth-order valence-corrected chi connectivity index (χ4v) is 2.03. The van der Waals surface area contributed by atoms with E-state index in [0.717, 1.165) is 5.12 Å². The highest BCUT2D eigenvalue weighted by Gasteiger charge is 2.37. The second kappa shape index (κ2) is 7.21. The molecule has 2 rings (SSSR count). The lowest BCUT2D eigenvalue weighted by atomic mass is 10.3. The first-order valence-corrected chi connectivity index (χ1v) is 8.19. The van der Waals surface area contributed by atoms with Gasteiger partial charge in [0.05, 0.1) is 12.8 Å². The van der Waals surface area contributed by atoms with Gasteiger partial charge in [-0.3, -0.25) is 5.43 Å². The molecule has 1 heterocycles. The maximum Gasteiger partial charge on any atom is 0.301 e. The van der Waals surface area contributed by atoms with E-state index >= 15 is 0 Å². The number of alkyl halides is 6. The summed E-state index contributed by atoms with van der Waals surface area (Å²) in [5.74, 6) is 1.20. The van der Waals surface area contributed by atoms with Crippen LogP contribution in [0.4, 0.5) is 0 Å². The summed E-state index contributed by atoms with van der Waals surface area (Å²) in [5.41, 5.74) is 2.69. The summed E-state index contributed by atoms with van der Waals surface area (Å²) < 4.78 is 6.93. The Kier molecular flexibility index (Phi) is 5.93. The Morgan fingerprint density at radius 1 is 1.00 bits per heavy atom. The zero-order valence-electron chi connectivity index (χ0n) is 11.4. The van der Waals surface area contributed by atoms with Crippen LogP contribution in [0.2, 0.25) is 0 Å². The van der Waals surface area contributed by atoms with Crippen LogP contribution in [-0.4, -0.2) is 25.8 Å². The van der Waals surface area contributed by atoms with E-state index in [2.05, 4.69) is 10.5 Å². The minimum atomic E-state index is -1.93. The van der Waals surface area contributed by atoms with E-state index in [0.29, 0.717) is 11.5 Å². The molecule has 126 valence electrons. The van der Waals surface area contributed by atoms with Crippen molar-refractivity contribution < 1.29 is 9.47 Å². The Balaban J connectivity index is 2.28. The molecule has 0 saturated heterocycles. The van der Waals surface area contributed by atoms with Gasteiger partial charge in [-0.1, -0.05) is 69.6 Å². The van der Waals surface area contributed by atoms with Crippen molar-refractivity contribution in [3.63, 3.8) is 0 Å². The predicted octanol–water partition coefficient (Wildman–Crippen LogP) is 4.79. The number of rotatable bonds is 2. The molecule has 0 bridgehead atoms. The third kappa shape index (κ3) is 5.28. The molecule has 0 aliphatic carbocycles. The van der Waals surface area contributed by atoms with Crippen LogP contribution in [0.3, 0.4) is 0 Å². The number of nitrogens with zero attached hydrogens (tertiary/aromatic N) is 2. The van der Waals surface area contributed by atoms with E-state index < -0.39 is 7.71 Å². The van der Waals surface area contributed by atoms with Crippen LogP contribution in [-0.2, 0) is 0 Å². The van der Waals surface area contributed by atoms with Gasteiger partial charge < -0.3 is 9.47 Å². The van der Waals surface area contributed by atoms with E-state index in [9.17, 15) is 0 Å². The molecule has 1 aromatic carbocycles. The van der Waals surface area contributed by atoms with Gasteiger partial charge in [0.1, 0.15) is 11.5 Å². The fourth-order valence-electron chi connectivity index (χ4n) is 1.50. The van der Waals surface area contributed by atoms with Crippen LogP contribution in [0.5, 0.6) is 11.5 Å². The highest BCUT2D eigenvalue weighted by Crippen LogP contribution is 2.38. The molecule has 0 unspecified atom stereocenters. The van der Waals surface area contributed by atoms with Crippen molar-refractivity contribution in [2.24, 2.45) is 5.10 Å². The highest BCUT2D eigenvalue weighted by molar-refractivity contribution is 6.69. The molecule has 1 aliphatic heterocycles. The SMILES string of the molecule is COc1ccc(OC2=NN(C(Cl)(Cl)Cl)NC(C(Cl)(Cl)Cl)=C2)cc1. The topological polar surface area (TPSA) is 46.1 Å². The third-order valence-electron chi connectivity index (χ3n) is 2.52. The molecular formula is C12H9Cl6N3O2. The molecule has 0 saturated carbocycles. The predicted molar refractivity (Wildman–Crippen MR) is 94.7 cm³/mol. The molecule has 0 atom stereocenters. The van der Waals surface area contributed by atoms with Crippen molar-refractivity contribution in [3.05, 3.63) is 36.0 Å². The van der Waals surface area contributed by atoms with Crippen molar-refractivity contribution in [2.45, 2.75) is 7.71 Å². The molecule has 11 heteroatoms. The van der Waals surface area contributed by atoms with E-state index in [1.807, 2.05) is 0 Å². The average molecular weight is 440 g/mol. The molecule has 1 aliphatic rings. The summed E-state index contributed by atoms with van der Waals surface area (Å²) in [7, 11) is 1.56. The van der Waals surface area contributed by atoms with Gasteiger partial charge in [-0.05, 0) is 24.3 Å². The quantitative estimate of drug-likeness (QED) is 0.531. The van der Waals surface area contributed by atoms with Crippen LogP contribution in [0.1, 0.15) is 0 Å². The second-order valence-corrected chi connectivity index (χ2v) is 8.67. The average Bonchev–Trinajstić information content (AvgIpc) is 2.46. The first-order valence-electron chi connectivity index (χ1n) is 5.92. The number of halogens is 6. The number of hydrogen-bond acceptors (Lipinski definition) is 5. The molecule has 0 fully saturated rings. The standard InChI is InChI=1S/C12H9Cl6N3O2/c1-22-7-2-4-8(5-3-7)23-10-6-9(11(13,14)15)19-21(20-10)12(16,17)18/h2-6,19H,1H3. The molecule has 23 heavy (non-hydrogen) atoms. The van der Waals surface area contributed by atoms with Gasteiger partial charge in [-0.2, -0.15) is 5.12 Å². The number of nitrogens with one attached hydrogen (secondary N) is 1. The summed E-state index contributed by atoms with van der Waals surface area (Å²) in [6.45, 7) is 0. The van der Waals surface area contributed by atoms with Gasteiger partial charge in [0.2, 0.25) is 9.69 Å². The monoisotopic (exact) mass is 437 g/mol. The fraction of sp³-hybridized carbons (Fsp3) is 0.250. The third-order valence-corrected chi connectivity index (χ3v) is 3.61. The van der Waals surface area contributed by atoms with Crippen molar-refractivity contribution in [3.8, 4) is 11.5 Å². The van der Waals surface area contributed by atoms with Gasteiger partial charge in [0.15, 0.2) is 0 Å². The lowest BCUT2D eigenvalue weighted by molar-refractivity contribution is 0.208. The summed E-state index contributed by atoms with van der Waals surface area (Å²) in [4.78, 5) is 0. The smallest absolute Gasteiger partial charge is 0.301 e. The van der Waals surface area contributed by atoms with Gasteiger partial charge >= 0.3 is 3.92 Å². The molecule has 0 radical (unpaired) electrons. The van der Waals surface area contributed by atoms with Crippen LogP contribution < -0.4 is 14.9 Å². The van der Waals surface area contributed by atoms with Gasteiger partial charge in [0.25, 0.3) is 0 Å². The zero-order chi connectivity index (χ0) is 17.3. The number of hydrazone groups is 1. The normalized spacial score (nSPS) is 15.5. The largest absolute Gasteiger partial charge is 0.497 e. The maximum absolute atomic E-state index is 5.85. The first kappa shape index (κ1) is 18.9. The maximum atomic E-state index is 5.85. The van der Waals surface area contributed by atoms with Crippen LogP contribution in [0.15, 0.2) is 41.1 Å². The van der Waals surface area contributed by atoms with Gasteiger partial charge in [-0.15, -0.1) is 5.10 Å². The molecule has 0 amide bonds. The van der Waals surface area contributed by atoms with E-state index in [-0.39, 0.29) is 11.6 Å². The van der Waals surface area contributed by atoms with Crippen molar-refractivity contribution in [1.82, 2.24) is 10.5 Å². The summed E-state index contributed by atoms with van der Waals surface area (Å²) in [6.07, 6.45) is 1.38. The summed E-state index contributed by atoms with van der Waals surface area (Å²) in [6, 6.07) is 6.77. The molecule has 1 aromatic rings. The zero-order valence-corrected chi connectivity index (χ0v) is 15.9. The number of allylic oxidation sites excluding steroid dienone is 1. The second-order valence-electron chi connectivity index (χ2n) is 4.16. The Labute approximate surface area is 162 Å². The number of benzene rings is 1. The minimum absolute atomic E-state index is 0.0570. The Morgan fingerprint density at radius 2 is 1.57 bits per heavy atom. The number of ether oxygens (including phenoxy) is 2. The molecular weight excluding hydrogens is 431 g/mol. The summed E-state index contributed by atoms with van der Waals surface area (Å²) >= 11 is 34.9. The Hall–Kier alpha value is -0.430. The molecule has 0 aromatic heterocycles. The van der Waals surface area contributed by atoms with Gasteiger partial charge in [0, 0.05) is 6.08 Å². The van der Waals surface area contributed by atoms with Gasteiger partial charge in [-0.25, -0.2) is 0 Å². The van der Waals surface area contributed by atoms with E-state index in [4.69, 9.17) is 79.1 Å². The molecule has 5 nitrogen and oxygen atoms in total. The van der Waals surface area contributed by atoms with E-state index in [1.54, 1.807) is 31.4 Å². The number of hydrogen-bond donors (Lipinski definition) is 1. The van der Waals surface area contributed by atoms with Crippen LogP contribution in [0.25, 0.3) is 0 Å². The number of methoxy groups -OCH3 is 1. The minimum Gasteiger partial charge on any atom is -0.497 e. The first-order chi connectivity index (χ1) is 10.6. The lowest BCUT2D eigenvalue weighted by Crippen LogP contribution is -2.47. The van der Waals surface area contributed by atoms with Crippen LogP contribution >= 0.6 is 69.6 Å². The highest BCUT2D eigenvalue weighted by atomic mass is 35.6. The van der Waals surface area contributed by atoms with Crippen molar-refractivity contribution >= 4 is 75.5 Å². The number of hydrazine groups is 1. The molecule has 1 N–H and O–H groups in total. The Morgan fingerprint density at radius 3 is 2.04 bits per heavy atom. The van der Waals surface area contributed by atoms with Crippen molar-refractivity contribution in [1.29, 1.82) is 0 Å². The molecule has 0 spiro atoms. The summed E-state index contributed by atoms with van der Waals surface area (Å²) in [5, 5.41) is 4.87. The van der Waals surface area contributed by atoms with Crippen molar-refractivity contribution in [2.75, 3.05) is 7.11 Å².